The van der Waals surface area contributed by atoms with Gasteiger partial charge in [-0.25, -0.2) is 4.39 Å². The lowest BCUT2D eigenvalue weighted by molar-refractivity contribution is -0.134. The third-order valence-corrected chi connectivity index (χ3v) is 5.27. The Balaban J connectivity index is 1.57. The summed E-state index contributed by atoms with van der Waals surface area (Å²) in [7, 11) is 0. The highest BCUT2D eigenvalue weighted by Crippen LogP contribution is 2.35. The highest BCUT2D eigenvalue weighted by molar-refractivity contribution is 5.84. The summed E-state index contributed by atoms with van der Waals surface area (Å²) in [5, 5.41) is 4.03. The number of benzene rings is 2. The number of hydrogen-bond donors (Lipinski definition) is 0. The molecular formula is C22H22FN3O2. The molecule has 2 atom stereocenters. The van der Waals surface area contributed by atoms with Gasteiger partial charge in [0.1, 0.15) is 11.9 Å². The summed E-state index contributed by atoms with van der Waals surface area (Å²) in [6, 6.07) is 15.6. The summed E-state index contributed by atoms with van der Waals surface area (Å²) >= 11 is 0. The van der Waals surface area contributed by atoms with Gasteiger partial charge in [0.25, 0.3) is 0 Å². The summed E-state index contributed by atoms with van der Waals surface area (Å²) in [6.07, 6.45) is 2.43. The average molecular weight is 379 g/mol. The van der Waals surface area contributed by atoms with E-state index in [-0.39, 0.29) is 23.7 Å². The largest absolute Gasteiger partial charge is 0.337 e. The number of rotatable bonds is 5. The maximum absolute atomic E-state index is 13.3. The SMILES string of the molecule is CC[C@H](C(=O)N1CCC[C@H]1c1nc(-c2ccc(F)cc2)no1)c1ccccc1. The molecule has 4 rings (SSSR count). The minimum Gasteiger partial charge on any atom is -0.337 e. The van der Waals surface area contributed by atoms with Crippen molar-refractivity contribution in [3.63, 3.8) is 0 Å². The second kappa shape index (κ2) is 7.92. The fraction of sp³-hybridized carbons (Fsp3) is 0.318. The number of hydrogen-bond acceptors (Lipinski definition) is 4. The summed E-state index contributed by atoms with van der Waals surface area (Å²) in [4.78, 5) is 19.6. The monoisotopic (exact) mass is 379 g/mol. The van der Waals surface area contributed by atoms with E-state index in [1.807, 2.05) is 42.2 Å². The maximum Gasteiger partial charge on any atom is 0.249 e. The molecule has 1 aliphatic heterocycles. The summed E-state index contributed by atoms with van der Waals surface area (Å²) < 4.78 is 18.6. The van der Waals surface area contributed by atoms with Crippen molar-refractivity contribution in [1.82, 2.24) is 15.0 Å². The Morgan fingerprint density at radius 1 is 1.21 bits per heavy atom. The van der Waals surface area contributed by atoms with Crippen LogP contribution in [0.15, 0.2) is 59.1 Å². The molecule has 6 heteroatoms. The summed E-state index contributed by atoms with van der Waals surface area (Å²) in [5.41, 5.74) is 1.71. The van der Waals surface area contributed by atoms with Gasteiger partial charge in [-0.1, -0.05) is 42.4 Å². The van der Waals surface area contributed by atoms with E-state index in [4.69, 9.17) is 4.52 Å². The van der Waals surface area contributed by atoms with E-state index in [0.717, 1.165) is 24.8 Å². The Morgan fingerprint density at radius 2 is 1.96 bits per heavy atom. The number of carbonyl (C=O) groups excluding carboxylic acids is 1. The van der Waals surface area contributed by atoms with Crippen molar-refractivity contribution in [2.24, 2.45) is 0 Å². The summed E-state index contributed by atoms with van der Waals surface area (Å²) in [6.45, 7) is 2.71. The van der Waals surface area contributed by atoms with Crippen LogP contribution in [-0.4, -0.2) is 27.5 Å². The fourth-order valence-corrected chi connectivity index (χ4v) is 3.81. The van der Waals surface area contributed by atoms with Gasteiger partial charge in [0.15, 0.2) is 0 Å². The lowest BCUT2D eigenvalue weighted by Crippen LogP contribution is -2.34. The highest BCUT2D eigenvalue weighted by atomic mass is 19.1. The first-order valence-electron chi connectivity index (χ1n) is 9.62. The number of aromatic nitrogens is 2. The van der Waals surface area contributed by atoms with Crippen molar-refractivity contribution in [2.75, 3.05) is 6.54 Å². The Labute approximate surface area is 163 Å². The van der Waals surface area contributed by atoms with Gasteiger partial charge in [0.2, 0.25) is 17.6 Å². The van der Waals surface area contributed by atoms with Gasteiger partial charge in [-0.3, -0.25) is 4.79 Å². The molecule has 3 aromatic rings. The lowest BCUT2D eigenvalue weighted by Gasteiger charge is -2.26. The molecule has 1 fully saturated rings. The van der Waals surface area contributed by atoms with Gasteiger partial charge in [-0.15, -0.1) is 0 Å². The van der Waals surface area contributed by atoms with E-state index in [1.54, 1.807) is 12.1 Å². The van der Waals surface area contributed by atoms with Crippen LogP contribution in [0.1, 0.15) is 49.6 Å². The third-order valence-electron chi connectivity index (χ3n) is 5.27. The molecule has 0 bridgehead atoms. The predicted molar refractivity (Wildman–Crippen MR) is 103 cm³/mol. The molecule has 0 radical (unpaired) electrons. The predicted octanol–water partition coefficient (Wildman–Crippen LogP) is 4.73. The van der Waals surface area contributed by atoms with Gasteiger partial charge >= 0.3 is 0 Å². The van der Waals surface area contributed by atoms with Crippen LogP contribution >= 0.6 is 0 Å². The molecule has 0 aliphatic carbocycles. The normalized spacial score (nSPS) is 17.6. The molecular weight excluding hydrogens is 357 g/mol. The molecule has 144 valence electrons. The van der Waals surface area contributed by atoms with Crippen LogP contribution in [0.4, 0.5) is 4.39 Å². The van der Waals surface area contributed by atoms with Crippen LogP contribution < -0.4 is 0 Å². The molecule has 2 aromatic carbocycles. The quantitative estimate of drug-likeness (QED) is 0.643. The van der Waals surface area contributed by atoms with Crippen LogP contribution in [0.5, 0.6) is 0 Å². The van der Waals surface area contributed by atoms with E-state index in [9.17, 15) is 9.18 Å². The van der Waals surface area contributed by atoms with E-state index >= 15 is 0 Å². The van der Waals surface area contributed by atoms with Crippen LogP contribution in [0.25, 0.3) is 11.4 Å². The minimum atomic E-state index is -0.313. The molecule has 1 amide bonds. The molecule has 1 saturated heterocycles. The van der Waals surface area contributed by atoms with E-state index in [0.29, 0.717) is 23.8 Å². The number of halogens is 1. The number of nitrogens with zero attached hydrogens (tertiary/aromatic N) is 3. The van der Waals surface area contributed by atoms with Gasteiger partial charge in [-0.05, 0) is 49.1 Å². The van der Waals surface area contributed by atoms with Crippen molar-refractivity contribution in [3.8, 4) is 11.4 Å². The van der Waals surface area contributed by atoms with Gasteiger partial charge in [0, 0.05) is 12.1 Å². The zero-order valence-electron chi connectivity index (χ0n) is 15.7. The first-order chi connectivity index (χ1) is 13.7. The molecule has 5 nitrogen and oxygen atoms in total. The average Bonchev–Trinajstić information content (AvgIpc) is 3.39. The molecule has 0 N–H and O–H groups in total. The van der Waals surface area contributed by atoms with Gasteiger partial charge < -0.3 is 9.42 Å². The maximum atomic E-state index is 13.3. The highest BCUT2D eigenvalue weighted by Gasteiger charge is 2.37. The Bertz CT molecular complexity index is 940. The Morgan fingerprint density at radius 3 is 2.68 bits per heavy atom. The van der Waals surface area contributed by atoms with Gasteiger partial charge in [-0.2, -0.15) is 4.98 Å². The van der Waals surface area contributed by atoms with Crippen LogP contribution in [0.2, 0.25) is 0 Å². The Hall–Kier alpha value is -3.02. The van der Waals surface area contributed by atoms with Crippen LogP contribution in [0.3, 0.4) is 0 Å². The van der Waals surface area contributed by atoms with Crippen molar-refractivity contribution >= 4 is 5.91 Å². The van der Waals surface area contributed by atoms with Crippen molar-refractivity contribution < 1.29 is 13.7 Å². The van der Waals surface area contributed by atoms with Gasteiger partial charge in [0.05, 0.1) is 5.92 Å². The smallest absolute Gasteiger partial charge is 0.249 e. The topological polar surface area (TPSA) is 59.2 Å². The first kappa shape index (κ1) is 18.3. The van der Waals surface area contributed by atoms with E-state index < -0.39 is 0 Å². The zero-order valence-corrected chi connectivity index (χ0v) is 15.7. The van der Waals surface area contributed by atoms with E-state index in [1.165, 1.54) is 12.1 Å². The molecule has 0 spiro atoms. The molecule has 0 saturated carbocycles. The standard InChI is InChI=1S/C22H22FN3O2/c1-2-18(15-7-4-3-5-8-15)22(27)26-14-6-9-19(26)21-24-20(25-28-21)16-10-12-17(23)13-11-16/h3-5,7-8,10-13,18-19H,2,6,9,14H2,1H3/t18-,19-/m0/s1. The molecule has 28 heavy (non-hydrogen) atoms. The minimum absolute atomic E-state index is 0.0951. The zero-order chi connectivity index (χ0) is 19.5. The molecule has 1 aliphatic rings. The first-order valence-corrected chi connectivity index (χ1v) is 9.62. The molecule has 2 heterocycles. The van der Waals surface area contributed by atoms with Crippen LogP contribution in [-0.2, 0) is 4.79 Å². The number of likely N-dealkylation sites (tertiary alicyclic amines) is 1. The fourth-order valence-electron chi connectivity index (χ4n) is 3.81. The lowest BCUT2D eigenvalue weighted by atomic mass is 9.94. The number of carbonyl (C=O) groups is 1. The van der Waals surface area contributed by atoms with Crippen molar-refractivity contribution in [2.45, 2.75) is 38.1 Å². The number of amides is 1. The molecule has 0 unspecified atom stereocenters. The third kappa shape index (κ3) is 3.54. The van der Waals surface area contributed by atoms with Crippen molar-refractivity contribution in [3.05, 3.63) is 71.9 Å². The Kier molecular flexibility index (Phi) is 5.19. The van der Waals surface area contributed by atoms with Crippen LogP contribution in [0, 0.1) is 5.82 Å². The van der Waals surface area contributed by atoms with E-state index in [2.05, 4.69) is 10.1 Å². The second-order valence-corrected chi connectivity index (χ2v) is 7.02. The summed E-state index contributed by atoms with van der Waals surface area (Å²) in [5.74, 6) is 0.447. The second-order valence-electron chi connectivity index (χ2n) is 7.02. The molecule has 1 aromatic heterocycles. The van der Waals surface area contributed by atoms with Crippen molar-refractivity contribution in [1.29, 1.82) is 0 Å².